The molecule has 0 saturated carbocycles. The van der Waals surface area contributed by atoms with Crippen LogP contribution in [-0.4, -0.2) is 79.4 Å². The number of aliphatic hydroxyl groups is 3. The first-order chi connectivity index (χ1) is 10.0. The number of hydrogen-bond acceptors (Lipinski definition) is 8. The largest absolute Gasteiger partial charge is 0.394 e. The lowest BCUT2D eigenvalue weighted by Gasteiger charge is -2.36. The quantitative estimate of drug-likeness (QED) is 0.251. The summed E-state index contributed by atoms with van der Waals surface area (Å²) in [6, 6.07) is 0. The molecule has 21 heavy (non-hydrogen) atoms. The molecule has 0 aliphatic carbocycles. The molecule has 1 aliphatic rings. The molecule has 0 aromatic carbocycles. The van der Waals surface area contributed by atoms with E-state index in [9.17, 15) is 10.2 Å². The molecule has 4 unspecified atom stereocenters. The zero-order valence-electron chi connectivity index (χ0n) is 13.5. The van der Waals surface area contributed by atoms with Crippen LogP contribution in [0.2, 0.25) is 0 Å². The van der Waals surface area contributed by atoms with Crippen molar-refractivity contribution in [2.45, 2.75) is 44.7 Å². The molecule has 0 spiro atoms. The third-order valence-corrected chi connectivity index (χ3v) is 2.49. The molecule has 0 aromatic heterocycles. The van der Waals surface area contributed by atoms with E-state index < -0.39 is 24.4 Å². The van der Waals surface area contributed by atoms with Gasteiger partial charge in [0.1, 0.15) is 24.0 Å². The molecule has 1 fully saturated rings. The van der Waals surface area contributed by atoms with Gasteiger partial charge in [0.25, 0.3) is 0 Å². The standard InChI is InChI=1S/C9H17N3O4.C2H7N.C2H6/c1-11-3-5(12-10)7-2-6(14)9(15)8(4-13)16-7;1-3-2;1-2/h3,6-9,13-15H,2,4,10H2,1H3;3H,1-2H3;1-2H3/b11-3?,12-5+;;. The van der Waals surface area contributed by atoms with Gasteiger partial charge in [-0.2, -0.15) is 5.10 Å². The van der Waals surface area contributed by atoms with Crippen molar-refractivity contribution in [1.82, 2.24) is 5.32 Å². The summed E-state index contributed by atoms with van der Waals surface area (Å²) in [4.78, 5) is 3.75. The highest BCUT2D eigenvalue weighted by Gasteiger charge is 2.37. The van der Waals surface area contributed by atoms with Gasteiger partial charge in [-0.3, -0.25) is 4.99 Å². The summed E-state index contributed by atoms with van der Waals surface area (Å²) in [5, 5.41) is 34.3. The first-order valence-electron chi connectivity index (χ1n) is 6.96. The maximum atomic E-state index is 9.58. The number of nitrogens with one attached hydrogen (secondary N) is 1. The highest BCUT2D eigenvalue weighted by Crippen LogP contribution is 2.20. The SMILES string of the molecule is CC.CN=C/C(=N\N)C1CC(O)C(O)C(CO)O1.CNC. The van der Waals surface area contributed by atoms with Crippen LogP contribution in [0.15, 0.2) is 10.1 Å². The number of aliphatic hydroxyl groups excluding tert-OH is 3. The molecule has 1 saturated heterocycles. The van der Waals surface area contributed by atoms with Crippen molar-refractivity contribution >= 4 is 11.9 Å². The molecule has 4 atom stereocenters. The van der Waals surface area contributed by atoms with Crippen LogP contribution < -0.4 is 11.2 Å². The zero-order chi connectivity index (χ0) is 16.8. The third kappa shape index (κ3) is 8.08. The molecular formula is C13H30N4O4. The van der Waals surface area contributed by atoms with Crippen molar-refractivity contribution < 1.29 is 20.1 Å². The number of nitrogens with two attached hydrogens (primary N) is 1. The Morgan fingerprint density at radius 2 is 1.90 bits per heavy atom. The highest BCUT2D eigenvalue weighted by atomic mass is 16.5. The Morgan fingerprint density at radius 3 is 2.29 bits per heavy atom. The van der Waals surface area contributed by atoms with Crippen LogP contribution in [0.4, 0.5) is 0 Å². The minimum Gasteiger partial charge on any atom is -0.394 e. The molecule has 0 aromatic rings. The van der Waals surface area contributed by atoms with Crippen LogP contribution in [0, 0.1) is 0 Å². The fourth-order valence-electron chi connectivity index (χ4n) is 1.63. The minimum atomic E-state index is -1.10. The molecule has 126 valence electrons. The monoisotopic (exact) mass is 306 g/mol. The van der Waals surface area contributed by atoms with Crippen LogP contribution in [0.1, 0.15) is 20.3 Å². The number of hydrogen-bond donors (Lipinski definition) is 5. The third-order valence-electron chi connectivity index (χ3n) is 2.49. The zero-order valence-corrected chi connectivity index (χ0v) is 13.5. The fourth-order valence-corrected chi connectivity index (χ4v) is 1.63. The average Bonchev–Trinajstić information content (AvgIpc) is 2.50. The lowest BCUT2D eigenvalue weighted by atomic mass is 9.96. The summed E-state index contributed by atoms with van der Waals surface area (Å²) in [6.07, 6.45) is -1.89. The van der Waals surface area contributed by atoms with Crippen LogP contribution in [0.3, 0.4) is 0 Å². The Hall–Kier alpha value is -1.06. The Balaban J connectivity index is 0. The van der Waals surface area contributed by atoms with Crippen LogP contribution >= 0.6 is 0 Å². The van der Waals surface area contributed by atoms with E-state index in [1.807, 2.05) is 27.9 Å². The normalized spacial score (nSPS) is 29.2. The van der Waals surface area contributed by atoms with E-state index in [0.717, 1.165) is 0 Å². The van der Waals surface area contributed by atoms with Crippen molar-refractivity contribution in [2.75, 3.05) is 27.7 Å². The lowest BCUT2D eigenvalue weighted by molar-refractivity contribution is -0.162. The van der Waals surface area contributed by atoms with Crippen LogP contribution in [0.25, 0.3) is 0 Å². The Bertz CT molecular complexity index is 300. The number of nitrogens with zero attached hydrogens (tertiary/aromatic N) is 2. The predicted octanol–water partition coefficient (Wildman–Crippen LogP) is -1.26. The highest BCUT2D eigenvalue weighted by molar-refractivity contribution is 6.32. The van der Waals surface area contributed by atoms with Gasteiger partial charge in [0.15, 0.2) is 0 Å². The second-order valence-corrected chi connectivity index (χ2v) is 4.08. The van der Waals surface area contributed by atoms with Gasteiger partial charge in [0.05, 0.1) is 12.7 Å². The fraction of sp³-hybridized carbons (Fsp3) is 0.846. The summed E-state index contributed by atoms with van der Waals surface area (Å²) in [7, 11) is 5.31. The van der Waals surface area contributed by atoms with Crippen molar-refractivity contribution in [3.8, 4) is 0 Å². The van der Waals surface area contributed by atoms with Gasteiger partial charge < -0.3 is 31.2 Å². The molecule has 1 heterocycles. The molecule has 8 nitrogen and oxygen atoms in total. The number of ether oxygens (including phenoxy) is 1. The summed E-state index contributed by atoms with van der Waals surface area (Å²) < 4.78 is 5.36. The maximum Gasteiger partial charge on any atom is 0.110 e. The summed E-state index contributed by atoms with van der Waals surface area (Å²) in [5.41, 5.74) is 0.367. The van der Waals surface area contributed by atoms with Gasteiger partial charge in [-0.1, -0.05) is 13.8 Å². The number of rotatable bonds is 3. The first-order valence-corrected chi connectivity index (χ1v) is 6.96. The van der Waals surface area contributed by atoms with E-state index in [2.05, 4.69) is 15.4 Å². The average molecular weight is 306 g/mol. The van der Waals surface area contributed by atoms with Gasteiger partial charge in [0, 0.05) is 19.7 Å². The van der Waals surface area contributed by atoms with Crippen LogP contribution in [-0.2, 0) is 4.74 Å². The van der Waals surface area contributed by atoms with E-state index in [-0.39, 0.29) is 13.0 Å². The van der Waals surface area contributed by atoms with Gasteiger partial charge >= 0.3 is 0 Å². The molecule has 0 amide bonds. The van der Waals surface area contributed by atoms with Gasteiger partial charge in [-0.25, -0.2) is 0 Å². The van der Waals surface area contributed by atoms with Gasteiger partial charge in [-0.05, 0) is 14.1 Å². The Labute approximate surface area is 126 Å². The molecule has 0 radical (unpaired) electrons. The van der Waals surface area contributed by atoms with Crippen molar-refractivity contribution in [3.05, 3.63) is 0 Å². The number of hydrazone groups is 1. The molecule has 8 heteroatoms. The molecule has 0 bridgehead atoms. The summed E-state index contributed by atoms with van der Waals surface area (Å²) in [5.74, 6) is 5.17. The Kier molecular flexibility index (Phi) is 14.7. The minimum absolute atomic E-state index is 0.166. The predicted molar refractivity (Wildman–Crippen MR) is 84.7 cm³/mol. The van der Waals surface area contributed by atoms with Crippen molar-refractivity contribution in [1.29, 1.82) is 0 Å². The second-order valence-electron chi connectivity index (χ2n) is 4.08. The van der Waals surface area contributed by atoms with Crippen LogP contribution in [0.5, 0.6) is 0 Å². The van der Waals surface area contributed by atoms with E-state index >= 15 is 0 Å². The second kappa shape index (κ2) is 13.9. The smallest absolute Gasteiger partial charge is 0.110 e. The maximum absolute atomic E-state index is 9.58. The van der Waals surface area contributed by atoms with E-state index in [1.165, 1.54) is 6.21 Å². The van der Waals surface area contributed by atoms with E-state index in [0.29, 0.717) is 5.71 Å². The van der Waals surface area contributed by atoms with E-state index in [4.69, 9.17) is 15.7 Å². The lowest BCUT2D eigenvalue weighted by Crippen LogP contribution is -2.52. The molecule has 1 aliphatic heterocycles. The molecule has 6 N–H and O–H groups in total. The summed E-state index contributed by atoms with van der Waals surface area (Å²) in [6.45, 7) is 3.62. The van der Waals surface area contributed by atoms with Crippen molar-refractivity contribution in [2.24, 2.45) is 15.9 Å². The molecular weight excluding hydrogens is 276 g/mol. The topological polar surface area (TPSA) is 133 Å². The molecule has 1 rings (SSSR count). The van der Waals surface area contributed by atoms with E-state index in [1.54, 1.807) is 7.05 Å². The first kappa shape index (κ1) is 22.2. The van der Waals surface area contributed by atoms with Crippen molar-refractivity contribution in [3.63, 3.8) is 0 Å². The summed E-state index contributed by atoms with van der Waals surface area (Å²) >= 11 is 0. The van der Waals surface area contributed by atoms with Gasteiger partial charge in [0.2, 0.25) is 0 Å². The number of aliphatic imine (C=N–C) groups is 1. The Morgan fingerprint density at radius 1 is 1.38 bits per heavy atom. The van der Waals surface area contributed by atoms with Gasteiger partial charge in [-0.15, -0.1) is 0 Å².